The maximum Gasteiger partial charge on any atom is 0.307 e. The number of esters is 1. The first-order valence-electron chi connectivity index (χ1n) is 7.68. The Balaban J connectivity index is 2.31. The lowest BCUT2D eigenvalue weighted by Gasteiger charge is -2.18. The number of ether oxygens (including phenoxy) is 1. The van der Waals surface area contributed by atoms with E-state index in [2.05, 4.69) is 25.4 Å². The molecule has 0 aliphatic carbocycles. The molecule has 1 atom stereocenters. The SMILES string of the molecule is COC(=O)C[C@H](NS(=O)(=O)c1ccc(C(C)=O)cc1)c1ccc(Br)cc1. The molecule has 0 amide bonds. The molecule has 2 rings (SSSR count). The lowest BCUT2D eigenvalue weighted by molar-refractivity contribution is -0.141. The Labute approximate surface area is 160 Å². The van der Waals surface area contributed by atoms with Crippen molar-refractivity contribution < 1.29 is 22.7 Å². The Hall–Kier alpha value is -2.03. The third-order valence-electron chi connectivity index (χ3n) is 3.74. The second-order valence-electron chi connectivity index (χ2n) is 5.59. The van der Waals surface area contributed by atoms with Gasteiger partial charge in [0.1, 0.15) is 0 Å². The highest BCUT2D eigenvalue weighted by atomic mass is 79.9. The number of nitrogens with one attached hydrogen (secondary N) is 1. The van der Waals surface area contributed by atoms with Gasteiger partial charge >= 0.3 is 5.97 Å². The Morgan fingerprint density at radius 1 is 1.08 bits per heavy atom. The van der Waals surface area contributed by atoms with Gasteiger partial charge in [0.15, 0.2) is 5.78 Å². The Bertz CT molecular complexity index is 892. The third kappa shape index (κ3) is 5.23. The largest absolute Gasteiger partial charge is 0.469 e. The van der Waals surface area contributed by atoms with Gasteiger partial charge in [0.2, 0.25) is 10.0 Å². The number of carbonyl (C=O) groups excluding carboxylic acids is 2. The van der Waals surface area contributed by atoms with Crippen LogP contribution in [-0.4, -0.2) is 27.3 Å². The number of halogens is 1. The summed E-state index contributed by atoms with van der Waals surface area (Å²) < 4.78 is 33.4. The van der Waals surface area contributed by atoms with Crippen molar-refractivity contribution in [2.75, 3.05) is 7.11 Å². The number of Topliss-reactive ketones (excluding diaryl/α,β-unsaturated/α-hetero) is 1. The summed E-state index contributed by atoms with van der Waals surface area (Å²) in [6.07, 6.45) is -0.150. The van der Waals surface area contributed by atoms with Crippen LogP contribution >= 0.6 is 15.9 Å². The molecule has 2 aromatic rings. The van der Waals surface area contributed by atoms with E-state index in [1.165, 1.54) is 38.3 Å². The summed E-state index contributed by atoms with van der Waals surface area (Å²) in [5, 5.41) is 0. The summed E-state index contributed by atoms with van der Waals surface area (Å²) in [4.78, 5) is 23.0. The summed E-state index contributed by atoms with van der Waals surface area (Å²) in [6.45, 7) is 1.40. The van der Waals surface area contributed by atoms with Crippen LogP contribution in [0.2, 0.25) is 0 Å². The van der Waals surface area contributed by atoms with Crippen molar-refractivity contribution in [3.63, 3.8) is 0 Å². The van der Waals surface area contributed by atoms with Crippen molar-refractivity contribution in [3.05, 3.63) is 64.1 Å². The van der Waals surface area contributed by atoms with E-state index in [-0.39, 0.29) is 17.1 Å². The Kier molecular flexibility index (Phi) is 6.69. The first kappa shape index (κ1) is 20.3. The summed E-state index contributed by atoms with van der Waals surface area (Å²) in [6, 6.07) is 11.8. The average molecular weight is 440 g/mol. The topological polar surface area (TPSA) is 89.5 Å². The van der Waals surface area contributed by atoms with Gasteiger partial charge in [-0.3, -0.25) is 9.59 Å². The molecule has 0 spiro atoms. The normalized spacial score (nSPS) is 12.4. The lowest BCUT2D eigenvalue weighted by Crippen LogP contribution is -2.30. The van der Waals surface area contributed by atoms with Crippen LogP contribution in [0, 0.1) is 0 Å². The first-order valence-corrected chi connectivity index (χ1v) is 9.96. The number of sulfonamides is 1. The molecule has 0 saturated carbocycles. The smallest absolute Gasteiger partial charge is 0.307 e. The molecule has 1 N–H and O–H groups in total. The lowest BCUT2D eigenvalue weighted by atomic mass is 10.1. The molecule has 0 fully saturated rings. The van der Waals surface area contributed by atoms with Crippen LogP contribution < -0.4 is 4.72 Å². The predicted octanol–water partition coefficient (Wildman–Crippen LogP) is 3.23. The molecule has 138 valence electrons. The molecule has 0 aromatic heterocycles. The van der Waals surface area contributed by atoms with Crippen LogP contribution in [0.3, 0.4) is 0 Å². The molecule has 26 heavy (non-hydrogen) atoms. The van der Waals surface area contributed by atoms with Gasteiger partial charge in [-0.25, -0.2) is 13.1 Å². The van der Waals surface area contributed by atoms with Gasteiger partial charge in [-0.15, -0.1) is 0 Å². The number of ketones is 1. The molecule has 0 saturated heterocycles. The summed E-state index contributed by atoms with van der Waals surface area (Å²) >= 11 is 3.32. The zero-order chi connectivity index (χ0) is 19.3. The highest BCUT2D eigenvalue weighted by molar-refractivity contribution is 9.10. The van der Waals surface area contributed by atoms with Crippen LogP contribution in [0.1, 0.15) is 35.3 Å². The summed E-state index contributed by atoms with van der Waals surface area (Å²) in [5.41, 5.74) is 1.05. The van der Waals surface area contributed by atoms with Crippen molar-refractivity contribution in [1.82, 2.24) is 4.72 Å². The fourth-order valence-electron chi connectivity index (χ4n) is 2.30. The molecule has 2 aromatic carbocycles. The van der Waals surface area contributed by atoms with E-state index in [0.717, 1.165) is 4.47 Å². The molecule has 0 radical (unpaired) electrons. The standard InChI is InChI=1S/C18H18BrNO5S/c1-12(21)13-5-9-16(10-6-13)26(23,24)20-17(11-18(22)25-2)14-3-7-15(19)8-4-14/h3-10,17,20H,11H2,1-2H3/t17-/m0/s1. The van der Waals surface area contributed by atoms with E-state index in [0.29, 0.717) is 11.1 Å². The van der Waals surface area contributed by atoms with Crippen LogP contribution in [0.4, 0.5) is 0 Å². The second kappa shape index (κ2) is 8.57. The summed E-state index contributed by atoms with van der Waals surface area (Å²) in [5.74, 6) is -0.687. The highest BCUT2D eigenvalue weighted by Crippen LogP contribution is 2.23. The van der Waals surface area contributed by atoms with Gasteiger partial charge < -0.3 is 4.74 Å². The molecule has 0 aliphatic heterocycles. The fourth-order valence-corrected chi connectivity index (χ4v) is 3.79. The zero-order valence-electron chi connectivity index (χ0n) is 14.2. The van der Waals surface area contributed by atoms with Gasteiger partial charge in [-0.1, -0.05) is 40.2 Å². The first-order chi connectivity index (χ1) is 12.2. The van der Waals surface area contributed by atoms with Crippen molar-refractivity contribution >= 4 is 37.7 Å². The minimum absolute atomic E-state index is 0.00878. The van der Waals surface area contributed by atoms with Gasteiger partial charge in [0, 0.05) is 10.0 Å². The minimum Gasteiger partial charge on any atom is -0.469 e. The molecular formula is C18H18BrNO5S. The Morgan fingerprint density at radius 2 is 1.65 bits per heavy atom. The molecule has 0 heterocycles. The molecule has 8 heteroatoms. The van der Waals surface area contributed by atoms with E-state index in [9.17, 15) is 18.0 Å². The number of hydrogen-bond donors (Lipinski definition) is 1. The molecular weight excluding hydrogens is 422 g/mol. The predicted molar refractivity (Wildman–Crippen MR) is 100 cm³/mol. The number of carbonyl (C=O) groups is 2. The van der Waals surface area contributed by atoms with Crippen molar-refractivity contribution in [1.29, 1.82) is 0 Å². The molecule has 0 aliphatic rings. The van der Waals surface area contributed by atoms with E-state index >= 15 is 0 Å². The Morgan fingerprint density at radius 3 is 2.15 bits per heavy atom. The van der Waals surface area contributed by atoms with Crippen LogP contribution in [0.5, 0.6) is 0 Å². The van der Waals surface area contributed by atoms with Gasteiger partial charge in [-0.2, -0.15) is 0 Å². The zero-order valence-corrected chi connectivity index (χ0v) is 16.6. The van der Waals surface area contributed by atoms with Crippen molar-refractivity contribution in [2.45, 2.75) is 24.3 Å². The maximum atomic E-state index is 12.7. The second-order valence-corrected chi connectivity index (χ2v) is 8.22. The van der Waals surface area contributed by atoms with Crippen LogP contribution in [0.15, 0.2) is 57.9 Å². The van der Waals surface area contributed by atoms with Gasteiger partial charge in [0.05, 0.1) is 24.5 Å². The van der Waals surface area contributed by atoms with Crippen molar-refractivity contribution in [2.24, 2.45) is 0 Å². The number of benzene rings is 2. The number of methoxy groups -OCH3 is 1. The molecule has 0 bridgehead atoms. The van der Waals surface area contributed by atoms with E-state index < -0.39 is 22.0 Å². The average Bonchev–Trinajstić information content (AvgIpc) is 2.61. The van der Waals surface area contributed by atoms with Gasteiger partial charge in [-0.05, 0) is 36.8 Å². The fraction of sp³-hybridized carbons (Fsp3) is 0.222. The van der Waals surface area contributed by atoms with Gasteiger partial charge in [0.25, 0.3) is 0 Å². The maximum absolute atomic E-state index is 12.7. The van der Waals surface area contributed by atoms with E-state index in [4.69, 9.17) is 0 Å². The molecule has 6 nitrogen and oxygen atoms in total. The van der Waals surface area contributed by atoms with Crippen LogP contribution in [0.25, 0.3) is 0 Å². The quantitative estimate of drug-likeness (QED) is 0.528. The van der Waals surface area contributed by atoms with Crippen LogP contribution in [-0.2, 0) is 19.6 Å². The number of rotatable bonds is 7. The van der Waals surface area contributed by atoms with Crippen molar-refractivity contribution in [3.8, 4) is 0 Å². The highest BCUT2D eigenvalue weighted by Gasteiger charge is 2.24. The number of hydrogen-bond acceptors (Lipinski definition) is 5. The van der Waals surface area contributed by atoms with E-state index in [1.54, 1.807) is 24.3 Å². The minimum atomic E-state index is -3.89. The third-order valence-corrected chi connectivity index (χ3v) is 5.76. The summed E-state index contributed by atoms with van der Waals surface area (Å²) in [7, 11) is -2.65. The molecule has 0 unspecified atom stereocenters. The van der Waals surface area contributed by atoms with E-state index in [1.807, 2.05) is 0 Å². The monoisotopic (exact) mass is 439 g/mol.